The summed E-state index contributed by atoms with van der Waals surface area (Å²) in [7, 11) is -0.516. The second-order valence-electron chi connectivity index (χ2n) is 4.64. The molecule has 0 aliphatic carbocycles. The predicted octanol–water partition coefficient (Wildman–Crippen LogP) is 2.00. The van der Waals surface area contributed by atoms with Crippen molar-refractivity contribution < 1.29 is 13.9 Å². The lowest BCUT2D eigenvalue weighted by Gasteiger charge is -2.01. The Hall–Kier alpha value is -0.943. The van der Waals surface area contributed by atoms with Gasteiger partial charge in [-0.25, -0.2) is 0 Å². The molecule has 0 aromatic heterocycles. The second-order valence-corrected chi connectivity index (χ2v) is 5.86. The predicted molar refractivity (Wildman–Crippen MR) is 78.7 cm³/mol. The molecule has 0 radical (unpaired) electrons. The van der Waals surface area contributed by atoms with Crippen LogP contribution in [0.3, 0.4) is 0 Å². The summed E-state index contributed by atoms with van der Waals surface area (Å²) in [4.78, 5) is 0. The first-order chi connectivity index (χ1) is 9.45. The van der Waals surface area contributed by atoms with Crippen molar-refractivity contribution in [3.8, 4) is 0 Å². The molecular formula is C15H22O3Si. The van der Waals surface area contributed by atoms with E-state index in [1.165, 1.54) is 5.56 Å². The van der Waals surface area contributed by atoms with Crippen LogP contribution in [0, 0.1) is 0 Å². The van der Waals surface area contributed by atoms with Gasteiger partial charge >= 0.3 is 0 Å². The van der Waals surface area contributed by atoms with Crippen LogP contribution in [0.1, 0.15) is 18.4 Å². The Balaban J connectivity index is 1.39. The standard InChI is InChI=1S/C15H22O3Si/c1-3-7-14(8-4-1)11-18-19-10-6-2-5-9-16-12-15-13-17-15/h1,3-4,6-8,10,15H,2,5,9,11-13,19H2. The quantitative estimate of drug-likeness (QED) is 0.373. The van der Waals surface area contributed by atoms with E-state index in [-0.39, 0.29) is 0 Å². The summed E-state index contributed by atoms with van der Waals surface area (Å²) in [6.45, 7) is 3.21. The van der Waals surface area contributed by atoms with Gasteiger partial charge < -0.3 is 13.9 Å². The lowest BCUT2D eigenvalue weighted by Crippen LogP contribution is -2.02. The number of allylic oxidation sites excluding steroid dienone is 1. The van der Waals surface area contributed by atoms with E-state index in [2.05, 4.69) is 23.9 Å². The van der Waals surface area contributed by atoms with Crippen molar-refractivity contribution in [1.82, 2.24) is 0 Å². The highest BCUT2D eigenvalue weighted by Crippen LogP contribution is 2.08. The van der Waals surface area contributed by atoms with E-state index in [4.69, 9.17) is 13.9 Å². The molecule has 4 heteroatoms. The average Bonchev–Trinajstić information content (AvgIpc) is 3.26. The van der Waals surface area contributed by atoms with Gasteiger partial charge in [0.1, 0.15) is 6.10 Å². The molecule has 19 heavy (non-hydrogen) atoms. The molecule has 0 amide bonds. The van der Waals surface area contributed by atoms with Crippen LogP contribution in [-0.4, -0.2) is 35.7 Å². The first-order valence-corrected chi connectivity index (χ1v) is 8.30. The van der Waals surface area contributed by atoms with Crippen molar-refractivity contribution in [2.75, 3.05) is 19.8 Å². The first kappa shape index (κ1) is 14.5. The summed E-state index contributed by atoms with van der Waals surface area (Å²) in [5, 5.41) is 0. The Kier molecular flexibility index (Phi) is 6.88. The molecular weight excluding hydrogens is 256 g/mol. The van der Waals surface area contributed by atoms with Crippen molar-refractivity contribution in [2.24, 2.45) is 0 Å². The van der Waals surface area contributed by atoms with Gasteiger partial charge in [-0.05, 0) is 18.4 Å². The molecule has 1 heterocycles. The number of epoxide rings is 1. The summed E-state index contributed by atoms with van der Waals surface area (Å²) >= 11 is 0. The lowest BCUT2D eigenvalue weighted by atomic mass is 10.2. The molecule has 0 spiro atoms. The van der Waals surface area contributed by atoms with E-state index >= 15 is 0 Å². The van der Waals surface area contributed by atoms with Crippen LogP contribution in [0.25, 0.3) is 0 Å². The maximum Gasteiger partial charge on any atom is 0.185 e. The van der Waals surface area contributed by atoms with Gasteiger partial charge in [0.05, 0.1) is 19.8 Å². The van der Waals surface area contributed by atoms with Gasteiger partial charge in [-0.2, -0.15) is 0 Å². The van der Waals surface area contributed by atoms with Crippen molar-refractivity contribution in [3.63, 3.8) is 0 Å². The van der Waals surface area contributed by atoms with Gasteiger partial charge in [0.2, 0.25) is 0 Å². The van der Waals surface area contributed by atoms with Crippen LogP contribution >= 0.6 is 0 Å². The van der Waals surface area contributed by atoms with Gasteiger partial charge in [0.25, 0.3) is 0 Å². The number of hydrogen-bond acceptors (Lipinski definition) is 3. The number of ether oxygens (including phenoxy) is 2. The van der Waals surface area contributed by atoms with Gasteiger partial charge in [-0.3, -0.25) is 0 Å². The minimum absolute atomic E-state index is 0.384. The third-order valence-corrected chi connectivity index (χ3v) is 3.82. The first-order valence-electron chi connectivity index (χ1n) is 6.91. The van der Waals surface area contributed by atoms with E-state index in [1.807, 2.05) is 18.2 Å². The van der Waals surface area contributed by atoms with Crippen LogP contribution in [0.4, 0.5) is 0 Å². The summed E-state index contributed by atoms with van der Waals surface area (Å²) < 4.78 is 16.2. The second kappa shape index (κ2) is 9.04. The molecule has 1 aromatic carbocycles. The lowest BCUT2D eigenvalue weighted by molar-refractivity contribution is 0.115. The van der Waals surface area contributed by atoms with Crippen molar-refractivity contribution in [1.29, 1.82) is 0 Å². The zero-order chi connectivity index (χ0) is 13.2. The van der Waals surface area contributed by atoms with Crippen molar-refractivity contribution >= 4 is 9.76 Å². The third-order valence-electron chi connectivity index (χ3n) is 2.86. The van der Waals surface area contributed by atoms with Gasteiger partial charge in [0, 0.05) is 6.61 Å². The van der Waals surface area contributed by atoms with Crippen LogP contribution in [0.2, 0.25) is 0 Å². The highest BCUT2D eigenvalue weighted by molar-refractivity contribution is 6.34. The van der Waals surface area contributed by atoms with Gasteiger partial charge in [-0.1, -0.05) is 42.1 Å². The average molecular weight is 278 g/mol. The van der Waals surface area contributed by atoms with Crippen LogP contribution in [0.5, 0.6) is 0 Å². The fourth-order valence-electron chi connectivity index (χ4n) is 1.69. The molecule has 0 N–H and O–H groups in total. The van der Waals surface area contributed by atoms with E-state index in [9.17, 15) is 0 Å². The molecule has 1 aliphatic rings. The van der Waals surface area contributed by atoms with Gasteiger partial charge in [-0.15, -0.1) is 0 Å². The van der Waals surface area contributed by atoms with E-state index in [1.54, 1.807) is 0 Å². The van der Waals surface area contributed by atoms with Crippen LogP contribution < -0.4 is 0 Å². The van der Waals surface area contributed by atoms with Crippen LogP contribution in [-0.2, 0) is 20.5 Å². The Morgan fingerprint density at radius 1 is 1.32 bits per heavy atom. The minimum atomic E-state index is -0.516. The fraction of sp³-hybridized carbons (Fsp3) is 0.467. The number of benzene rings is 1. The molecule has 1 aliphatic heterocycles. The fourth-order valence-corrected chi connectivity index (χ4v) is 2.55. The summed E-state index contributed by atoms with van der Waals surface area (Å²) in [6, 6.07) is 10.3. The summed E-state index contributed by atoms with van der Waals surface area (Å²) in [6.07, 6.45) is 4.76. The van der Waals surface area contributed by atoms with E-state index < -0.39 is 9.76 Å². The molecule has 3 nitrogen and oxygen atoms in total. The maximum absolute atomic E-state index is 5.69. The van der Waals surface area contributed by atoms with Crippen LogP contribution in [0.15, 0.2) is 42.1 Å². The molecule has 1 aromatic rings. The highest BCUT2D eigenvalue weighted by Gasteiger charge is 2.21. The molecule has 1 unspecified atom stereocenters. The molecule has 1 atom stereocenters. The molecule has 104 valence electrons. The van der Waals surface area contributed by atoms with E-state index in [0.717, 1.165) is 39.3 Å². The zero-order valence-corrected chi connectivity index (χ0v) is 12.7. The Morgan fingerprint density at radius 2 is 2.16 bits per heavy atom. The topological polar surface area (TPSA) is 31.0 Å². The molecule has 1 saturated heterocycles. The largest absolute Gasteiger partial charge is 0.415 e. The molecule has 0 saturated carbocycles. The Bertz CT molecular complexity index is 363. The van der Waals surface area contributed by atoms with Crippen molar-refractivity contribution in [2.45, 2.75) is 25.6 Å². The Morgan fingerprint density at radius 3 is 2.95 bits per heavy atom. The molecule has 1 fully saturated rings. The smallest absolute Gasteiger partial charge is 0.185 e. The number of unbranched alkanes of at least 4 members (excludes halogenated alkanes) is 1. The number of hydrogen-bond donors (Lipinski definition) is 0. The van der Waals surface area contributed by atoms with Crippen molar-refractivity contribution in [3.05, 3.63) is 47.7 Å². The SMILES string of the molecule is C(=C[SiH2]OCc1ccccc1)CCCOCC1CO1. The summed E-state index contributed by atoms with van der Waals surface area (Å²) in [5.74, 6) is 0. The molecule has 2 rings (SSSR count). The maximum atomic E-state index is 5.69. The monoisotopic (exact) mass is 278 g/mol. The van der Waals surface area contributed by atoms with E-state index in [0.29, 0.717) is 6.10 Å². The third kappa shape index (κ3) is 7.27. The zero-order valence-electron chi connectivity index (χ0n) is 11.3. The Labute approximate surface area is 117 Å². The molecule has 0 bridgehead atoms. The highest BCUT2D eigenvalue weighted by atomic mass is 28.2. The normalized spacial score (nSPS) is 18.6. The summed E-state index contributed by atoms with van der Waals surface area (Å²) in [5.41, 5.74) is 3.46. The minimum Gasteiger partial charge on any atom is -0.415 e. The number of rotatable bonds is 10. The van der Waals surface area contributed by atoms with Gasteiger partial charge in [0.15, 0.2) is 9.76 Å².